The molecule has 0 radical (unpaired) electrons. The minimum absolute atomic E-state index is 0.150. The molecule has 0 spiro atoms. The highest BCUT2D eigenvalue weighted by Crippen LogP contribution is 2.40. The van der Waals surface area contributed by atoms with E-state index < -0.39 is 10.0 Å². The number of fused-ring (bicyclic) bond motifs is 1. The highest BCUT2D eigenvalue weighted by atomic mass is 32.2. The number of thiophene rings is 1. The molecule has 2 aromatic heterocycles. The van der Waals surface area contributed by atoms with Gasteiger partial charge in [0.05, 0.1) is 9.77 Å². The summed E-state index contributed by atoms with van der Waals surface area (Å²) in [5.74, 6) is 2.71. The molecule has 1 aromatic carbocycles. The molecule has 1 aliphatic carbocycles. The van der Waals surface area contributed by atoms with Crippen LogP contribution in [0.5, 0.6) is 11.5 Å². The van der Waals surface area contributed by atoms with E-state index in [2.05, 4.69) is 14.9 Å². The van der Waals surface area contributed by atoms with Gasteiger partial charge < -0.3 is 14.0 Å². The Morgan fingerprint density at radius 1 is 1.21 bits per heavy atom. The van der Waals surface area contributed by atoms with Crippen molar-refractivity contribution >= 4 is 21.4 Å². The van der Waals surface area contributed by atoms with E-state index >= 15 is 0 Å². The number of rotatable bonds is 6. The van der Waals surface area contributed by atoms with E-state index in [4.69, 9.17) is 14.0 Å². The van der Waals surface area contributed by atoms with Crippen molar-refractivity contribution in [3.05, 3.63) is 40.6 Å². The number of nitrogens with one attached hydrogen (secondary N) is 1. The first kappa shape index (κ1) is 17.7. The second-order valence-corrected chi connectivity index (χ2v) is 9.77. The van der Waals surface area contributed by atoms with Crippen molar-refractivity contribution in [2.24, 2.45) is 0 Å². The Bertz CT molecular complexity index is 1150. The van der Waals surface area contributed by atoms with Crippen molar-refractivity contribution in [3.63, 3.8) is 0 Å². The number of ether oxygens (including phenoxy) is 2. The monoisotopic (exact) mass is 419 g/mol. The second-order valence-electron chi connectivity index (χ2n) is 6.77. The van der Waals surface area contributed by atoms with Crippen molar-refractivity contribution in [2.45, 2.75) is 37.1 Å². The van der Waals surface area contributed by atoms with Crippen LogP contribution >= 0.6 is 11.3 Å². The average molecular weight is 419 g/mol. The zero-order chi connectivity index (χ0) is 19.3. The standard InChI is InChI=1S/C18H17N3O5S2/c1-10-16(7-15(27-10)17-20-18(26-21-17)12-3-4-12)28(22,23)19-8-11-2-5-13-14(6-11)25-9-24-13/h2,5-7,12,19H,3-4,8-9H2,1H3. The molecule has 1 fully saturated rings. The van der Waals surface area contributed by atoms with Crippen molar-refractivity contribution in [2.75, 3.05) is 6.79 Å². The van der Waals surface area contributed by atoms with Gasteiger partial charge in [-0.2, -0.15) is 4.98 Å². The van der Waals surface area contributed by atoms with Gasteiger partial charge in [-0.25, -0.2) is 13.1 Å². The molecule has 8 nitrogen and oxygen atoms in total. The molecule has 0 unspecified atom stereocenters. The van der Waals surface area contributed by atoms with Gasteiger partial charge in [0, 0.05) is 17.3 Å². The number of nitrogens with zero attached hydrogens (tertiary/aromatic N) is 2. The Morgan fingerprint density at radius 3 is 2.86 bits per heavy atom. The van der Waals surface area contributed by atoms with Crippen LogP contribution in [0.15, 0.2) is 33.7 Å². The predicted molar refractivity (Wildman–Crippen MR) is 101 cm³/mol. The third-order valence-electron chi connectivity index (χ3n) is 4.65. The van der Waals surface area contributed by atoms with Crippen LogP contribution in [0, 0.1) is 6.92 Å². The zero-order valence-corrected chi connectivity index (χ0v) is 16.6. The summed E-state index contributed by atoms with van der Waals surface area (Å²) in [5.41, 5.74) is 0.785. The van der Waals surface area contributed by atoms with E-state index in [1.807, 2.05) is 0 Å². The number of aryl methyl sites for hydroxylation is 1. The summed E-state index contributed by atoms with van der Waals surface area (Å²) in [6.07, 6.45) is 2.13. The molecule has 1 saturated carbocycles. The number of hydrogen-bond acceptors (Lipinski definition) is 8. The Morgan fingerprint density at radius 2 is 2.04 bits per heavy atom. The third kappa shape index (κ3) is 3.27. The van der Waals surface area contributed by atoms with Gasteiger partial charge in [-0.1, -0.05) is 11.2 Å². The maximum Gasteiger partial charge on any atom is 0.241 e. The summed E-state index contributed by atoms with van der Waals surface area (Å²) >= 11 is 1.34. The second kappa shape index (κ2) is 6.57. The summed E-state index contributed by atoms with van der Waals surface area (Å²) in [6.45, 7) is 2.10. The summed E-state index contributed by atoms with van der Waals surface area (Å²) in [4.78, 5) is 5.97. The van der Waals surface area contributed by atoms with Gasteiger partial charge in [0.15, 0.2) is 11.5 Å². The first-order chi connectivity index (χ1) is 13.5. The Labute approximate surface area is 165 Å². The number of benzene rings is 1. The molecular weight excluding hydrogens is 402 g/mol. The lowest BCUT2D eigenvalue weighted by atomic mass is 10.2. The smallest absolute Gasteiger partial charge is 0.241 e. The van der Waals surface area contributed by atoms with Crippen molar-refractivity contribution in [1.82, 2.24) is 14.9 Å². The number of hydrogen-bond donors (Lipinski definition) is 1. The van der Waals surface area contributed by atoms with Crippen LogP contribution in [0.25, 0.3) is 10.7 Å². The van der Waals surface area contributed by atoms with E-state index in [1.54, 1.807) is 31.2 Å². The summed E-state index contributed by atoms with van der Waals surface area (Å²) < 4.78 is 44.1. The molecule has 2 aliphatic rings. The van der Waals surface area contributed by atoms with E-state index in [-0.39, 0.29) is 18.2 Å². The molecule has 0 amide bonds. The molecule has 0 saturated heterocycles. The SMILES string of the molecule is Cc1sc(-c2noc(C3CC3)n2)cc1S(=O)(=O)NCc1ccc2c(c1)OCO2. The van der Waals surface area contributed by atoms with E-state index in [0.29, 0.717) is 38.9 Å². The highest BCUT2D eigenvalue weighted by Gasteiger charge is 2.30. The fourth-order valence-electron chi connectivity index (χ4n) is 2.98. The minimum atomic E-state index is -3.69. The van der Waals surface area contributed by atoms with Gasteiger partial charge in [0.2, 0.25) is 28.5 Å². The minimum Gasteiger partial charge on any atom is -0.454 e. The Hall–Kier alpha value is -2.43. The van der Waals surface area contributed by atoms with Gasteiger partial charge in [0.1, 0.15) is 0 Å². The van der Waals surface area contributed by atoms with Gasteiger partial charge in [-0.05, 0) is 43.5 Å². The maximum absolute atomic E-state index is 12.8. The average Bonchev–Trinajstić information content (AvgIpc) is 3.09. The van der Waals surface area contributed by atoms with Crippen LogP contribution in [0.2, 0.25) is 0 Å². The van der Waals surface area contributed by atoms with Crippen LogP contribution in [0.3, 0.4) is 0 Å². The summed E-state index contributed by atoms with van der Waals surface area (Å²) in [5, 5.41) is 3.99. The zero-order valence-electron chi connectivity index (χ0n) is 15.0. The topological polar surface area (TPSA) is 104 Å². The largest absolute Gasteiger partial charge is 0.454 e. The molecule has 0 atom stereocenters. The summed E-state index contributed by atoms with van der Waals surface area (Å²) in [7, 11) is -3.69. The van der Waals surface area contributed by atoms with Crippen molar-refractivity contribution < 1.29 is 22.4 Å². The number of aromatic nitrogens is 2. The van der Waals surface area contributed by atoms with Crippen LogP contribution in [-0.2, 0) is 16.6 Å². The first-order valence-corrected chi connectivity index (χ1v) is 11.1. The van der Waals surface area contributed by atoms with Crippen LogP contribution in [0.1, 0.15) is 35.1 Å². The molecule has 146 valence electrons. The molecule has 5 rings (SSSR count). The Kier molecular flexibility index (Phi) is 4.14. The molecule has 1 aliphatic heterocycles. The fourth-order valence-corrected chi connectivity index (χ4v) is 5.51. The highest BCUT2D eigenvalue weighted by molar-refractivity contribution is 7.89. The predicted octanol–water partition coefficient (Wildman–Crippen LogP) is 3.19. The lowest BCUT2D eigenvalue weighted by Gasteiger charge is -2.07. The molecule has 10 heteroatoms. The Balaban J connectivity index is 1.34. The maximum atomic E-state index is 12.8. The molecule has 28 heavy (non-hydrogen) atoms. The first-order valence-electron chi connectivity index (χ1n) is 8.82. The van der Waals surface area contributed by atoms with Crippen LogP contribution < -0.4 is 14.2 Å². The quantitative estimate of drug-likeness (QED) is 0.654. The van der Waals surface area contributed by atoms with Crippen molar-refractivity contribution in [1.29, 1.82) is 0 Å². The lowest BCUT2D eigenvalue weighted by Crippen LogP contribution is -2.23. The lowest BCUT2D eigenvalue weighted by molar-refractivity contribution is 0.174. The van der Waals surface area contributed by atoms with Gasteiger partial charge >= 0.3 is 0 Å². The van der Waals surface area contributed by atoms with E-state index in [0.717, 1.165) is 18.4 Å². The van der Waals surface area contributed by atoms with Crippen molar-refractivity contribution in [3.8, 4) is 22.2 Å². The van der Waals surface area contributed by atoms with Gasteiger partial charge in [-0.3, -0.25) is 0 Å². The summed E-state index contributed by atoms with van der Waals surface area (Å²) in [6, 6.07) is 6.95. The van der Waals surface area contributed by atoms with Gasteiger partial charge in [0.25, 0.3) is 0 Å². The molecule has 3 heterocycles. The van der Waals surface area contributed by atoms with E-state index in [1.165, 1.54) is 11.3 Å². The van der Waals surface area contributed by atoms with Gasteiger partial charge in [-0.15, -0.1) is 11.3 Å². The van der Waals surface area contributed by atoms with E-state index in [9.17, 15) is 8.42 Å². The number of sulfonamides is 1. The fraction of sp³-hybridized carbons (Fsp3) is 0.333. The van der Waals surface area contributed by atoms with Crippen LogP contribution in [-0.4, -0.2) is 25.4 Å². The molecule has 1 N–H and O–H groups in total. The third-order valence-corrected chi connectivity index (χ3v) is 7.36. The molecule has 3 aromatic rings. The van der Waals surface area contributed by atoms with Crippen LogP contribution in [0.4, 0.5) is 0 Å². The normalized spacial score (nSPS) is 15.9. The molecule has 0 bridgehead atoms. The molecular formula is C18H17N3O5S2.